The van der Waals surface area contributed by atoms with Crippen molar-refractivity contribution in [3.8, 4) is 5.75 Å². The van der Waals surface area contributed by atoms with Gasteiger partial charge in [-0.2, -0.15) is 13.2 Å². The maximum Gasteiger partial charge on any atom is 0.418 e. The Hall–Kier alpha value is -2.27. The van der Waals surface area contributed by atoms with E-state index in [1.165, 1.54) is 31.4 Å². The van der Waals surface area contributed by atoms with Crippen LogP contribution in [-0.2, 0) is 21.0 Å². The Morgan fingerprint density at radius 1 is 1.15 bits per heavy atom. The molecular weight excluding hydrogens is 453 g/mol. The van der Waals surface area contributed by atoms with Crippen molar-refractivity contribution < 1.29 is 31.1 Å². The first kappa shape index (κ1) is 21.0. The third-order valence-electron chi connectivity index (χ3n) is 3.32. The number of sulfonamides is 1. The van der Waals surface area contributed by atoms with E-state index in [4.69, 9.17) is 4.74 Å². The van der Waals surface area contributed by atoms with Gasteiger partial charge < -0.3 is 10.1 Å². The standard InChI is InChI=1S/C16H14BrF3N2O4S/c1-9(23)21-10-3-5-14(12(7-10)16(18,19)20)22-27(24,25)11-4-6-15(26-2)13(17)8-11/h3-8,22H,1-2H3,(H,21,23). The second-order valence-corrected chi connectivity index (χ2v) is 7.88. The third kappa shape index (κ3) is 5.13. The zero-order valence-electron chi connectivity index (χ0n) is 14.0. The van der Waals surface area contributed by atoms with Crippen molar-refractivity contribution in [1.82, 2.24) is 0 Å². The summed E-state index contributed by atoms with van der Waals surface area (Å²) in [4.78, 5) is 10.8. The number of benzene rings is 2. The fraction of sp³-hybridized carbons (Fsp3) is 0.188. The van der Waals surface area contributed by atoms with Gasteiger partial charge in [0.05, 0.1) is 27.7 Å². The maximum atomic E-state index is 13.3. The lowest BCUT2D eigenvalue weighted by Crippen LogP contribution is -2.18. The van der Waals surface area contributed by atoms with Gasteiger partial charge in [0.2, 0.25) is 5.91 Å². The van der Waals surface area contributed by atoms with E-state index in [0.717, 1.165) is 13.0 Å². The lowest BCUT2D eigenvalue weighted by atomic mass is 10.1. The van der Waals surface area contributed by atoms with Crippen molar-refractivity contribution in [1.29, 1.82) is 0 Å². The minimum absolute atomic E-state index is 0.107. The van der Waals surface area contributed by atoms with Crippen molar-refractivity contribution in [3.05, 3.63) is 46.4 Å². The Kier molecular flexibility index (Phi) is 6.05. The summed E-state index contributed by atoms with van der Waals surface area (Å²) in [6.07, 6.45) is -4.84. The number of hydrogen-bond donors (Lipinski definition) is 2. The van der Waals surface area contributed by atoms with Gasteiger partial charge in [-0.25, -0.2) is 8.42 Å². The molecule has 27 heavy (non-hydrogen) atoms. The number of nitrogens with one attached hydrogen (secondary N) is 2. The average Bonchev–Trinajstić information content (AvgIpc) is 2.54. The lowest BCUT2D eigenvalue weighted by Gasteiger charge is -2.16. The van der Waals surface area contributed by atoms with E-state index in [1.54, 1.807) is 0 Å². The van der Waals surface area contributed by atoms with E-state index in [-0.39, 0.29) is 10.6 Å². The zero-order valence-corrected chi connectivity index (χ0v) is 16.4. The van der Waals surface area contributed by atoms with Crippen LogP contribution in [0.1, 0.15) is 12.5 Å². The van der Waals surface area contributed by atoms with Gasteiger partial charge in [-0.15, -0.1) is 0 Å². The van der Waals surface area contributed by atoms with Crippen LogP contribution >= 0.6 is 15.9 Å². The molecule has 0 saturated heterocycles. The van der Waals surface area contributed by atoms with Crippen LogP contribution in [0.25, 0.3) is 0 Å². The predicted octanol–water partition coefficient (Wildman–Crippen LogP) is 4.24. The second-order valence-electron chi connectivity index (χ2n) is 5.34. The molecule has 146 valence electrons. The molecule has 6 nitrogen and oxygen atoms in total. The largest absolute Gasteiger partial charge is 0.496 e. The van der Waals surface area contributed by atoms with Crippen LogP contribution in [0.5, 0.6) is 5.75 Å². The second kappa shape index (κ2) is 7.77. The van der Waals surface area contributed by atoms with Crippen LogP contribution in [-0.4, -0.2) is 21.4 Å². The van der Waals surface area contributed by atoms with Gasteiger partial charge in [0.1, 0.15) is 5.75 Å². The quantitative estimate of drug-likeness (QED) is 0.690. The minimum Gasteiger partial charge on any atom is -0.496 e. The highest BCUT2D eigenvalue weighted by Crippen LogP contribution is 2.38. The summed E-state index contributed by atoms with van der Waals surface area (Å²) in [7, 11) is -2.91. The van der Waals surface area contributed by atoms with Gasteiger partial charge in [0.15, 0.2) is 0 Å². The fourth-order valence-electron chi connectivity index (χ4n) is 2.17. The minimum atomic E-state index is -4.84. The van der Waals surface area contributed by atoms with Crippen LogP contribution in [0.15, 0.2) is 45.8 Å². The third-order valence-corrected chi connectivity index (χ3v) is 5.31. The summed E-state index contributed by atoms with van der Waals surface area (Å²) in [5.41, 5.74) is -2.00. The Bertz CT molecular complexity index is 978. The highest BCUT2D eigenvalue weighted by atomic mass is 79.9. The van der Waals surface area contributed by atoms with Crippen molar-refractivity contribution in [2.75, 3.05) is 17.1 Å². The van der Waals surface area contributed by atoms with Gasteiger partial charge >= 0.3 is 6.18 Å². The first-order valence-electron chi connectivity index (χ1n) is 7.29. The molecule has 2 N–H and O–H groups in total. The van der Waals surface area contributed by atoms with Crippen LogP contribution in [0.3, 0.4) is 0 Å². The first-order chi connectivity index (χ1) is 12.4. The van der Waals surface area contributed by atoms with Gasteiger partial charge in [-0.1, -0.05) is 0 Å². The molecule has 0 unspecified atom stereocenters. The number of ether oxygens (including phenoxy) is 1. The number of methoxy groups -OCH3 is 1. The molecule has 0 aliphatic carbocycles. The summed E-state index contributed by atoms with van der Waals surface area (Å²) >= 11 is 3.13. The molecule has 0 aromatic heterocycles. The van der Waals surface area contributed by atoms with E-state index < -0.39 is 33.4 Å². The molecule has 0 aliphatic heterocycles. The number of carbonyl (C=O) groups excluding carboxylic acids is 1. The zero-order chi connectivity index (χ0) is 20.4. The Balaban J connectivity index is 2.45. The summed E-state index contributed by atoms with van der Waals surface area (Å²) in [5.74, 6) is -0.191. The van der Waals surface area contributed by atoms with Crippen LogP contribution in [0.4, 0.5) is 24.5 Å². The Morgan fingerprint density at radius 2 is 1.81 bits per heavy atom. The van der Waals surface area contributed by atoms with Gasteiger partial charge in [-0.05, 0) is 52.3 Å². The lowest BCUT2D eigenvalue weighted by molar-refractivity contribution is -0.136. The molecule has 0 bridgehead atoms. The number of rotatable bonds is 5. The number of alkyl halides is 3. The number of carbonyl (C=O) groups is 1. The van der Waals surface area contributed by atoms with E-state index in [9.17, 15) is 26.4 Å². The first-order valence-corrected chi connectivity index (χ1v) is 9.57. The molecule has 0 fully saturated rings. The molecule has 0 heterocycles. The average molecular weight is 467 g/mol. The van der Waals surface area contributed by atoms with Crippen LogP contribution < -0.4 is 14.8 Å². The molecular formula is C16H14BrF3N2O4S. The van der Waals surface area contributed by atoms with Crippen molar-refractivity contribution >= 4 is 43.2 Å². The highest BCUT2D eigenvalue weighted by molar-refractivity contribution is 9.10. The fourth-order valence-corrected chi connectivity index (χ4v) is 3.96. The van der Waals surface area contributed by atoms with Gasteiger partial charge in [0.25, 0.3) is 10.0 Å². The molecule has 0 radical (unpaired) electrons. The topological polar surface area (TPSA) is 84.5 Å². The normalized spacial score (nSPS) is 11.8. The molecule has 0 atom stereocenters. The molecule has 2 rings (SSSR count). The number of hydrogen-bond acceptors (Lipinski definition) is 4. The molecule has 11 heteroatoms. The monoisotopic (exact) mass is 466 g/mol. The van der Waals surface area contributed by atoms with Gasteiger partial charge in [-0.3, -0.25) is 9.52 Å². The maximum absolute atomic E-state index is 13.3. The Labute approximate surface area is 161 Å². The summed E-state index contributed by atoms with van der Waals surface area (Å²) in [6.45, 7) is 1.14. The molecule has 2 aromatic carbocycles. The van der Waals surface area contributed by atoms with Crippen molar-refractivity contribution in [2.24, 2.45) is 0 Å². The summed E-state index contributed by atoms with van der Waals surface area (Å²) < 4.78 is 72.2. The number of amides is 1. The van der Waals surface area contributed by atoms with Crippen molar-refractivity contribution in [2.45, 2.75) is 18.0 Å². The summed E-state index contributed by atoms with van der Waals surface area (Å²) in [5, 5.41) is 2.22. The van der Waals surface area contributed by atoms with Gasteiger partial charge in [0, 0.05) is 12.6 Å². The van der Waals surface area contributed by atoms with Crippen LogP contribution in [0.2, 0.25) is 0 Å². The molecule has 0 spiro atoms. The highest BCUT2D eigenvalue weighted by Gasteiger charge is 2.35. The smallest absolute Gasteiger partial charge is 0.418 e. The van der Waals surface area contributed by atoms with E-state index in [1.807, 2.05) is 4.72 Å². The number of anilines is 2. The Morgan fingerprint density at radius 3 is 2.33 bits per heavy atom. The van der Waals surface area contributed by atoms with E-state index in [2.05, 4.69) is 21.2 Å². The van der Waals surface area contributed by atoms with E-state index >= 15 is 0 Å². The number of halogens is 4. The molecule has 2 aromatic rings. The van der Waals surface area contributed by atoms with Crippen LogP contribution in [0, 0.1) is 0 Å². The van der Waals surface area contributed by atoms with Crippen molar-refractivity contribution in [3.63, 3.8) is 0 Å². The molecule has 0 saturated carbocycles. The molecule has 1 amide bonds. The SMILES string of the molecule is COc1ccc(S(=O)(=O)Nc2ccc(NC(C)=O)cc2C(F)(F)F)cc1Br. The molecule has 0 aliphatic rings. The summed E-state index contributed by atoms with van der Waals surface area (Å²) in [6, 6.07) is 6.53. The van der Waals surface area contributed by atoms with E-state index in [0.29, 0.717) is 16.3 Å². The predicted molar refractivity (Wildman–Crippen MR) is 97.3 cm³/mol.